The summed E-state index contributed by atoms with van der Waals surface area (Å²) in [7, 11) is 0. The van der Waals surface area contributed by atoms with Crippen LogP contribution in [0.25, 0.3) is 0 Å². The van der Waals surface area contributed by atoms with Crippen LogP contribution in [0.15, 0.2) is 0 Å². The molecular formula is C9H14ClN3S. The molecule has 1 fully saturated rings. The molecule has 0 N–H and O–H groups in total. The molecule has 1 aromatic heterocycles. The maximum absolute atomic E-state index is 6.00. The zero-order valence-electron chi connectivity index (χ0n) is 8.40. The van der Waals surface area contributed by atoms with Crippen LogP contribution in [0.5, 0.6) is 0 Å². The highest BCUT2D eigenvalue weighted by molar-refractivity contribution is 7.99. The monoisotopic (exact) mass is 231 g/mol. The molecular weight excluding hydrogens is 218 g/mol. The summed E-state index contributed by atoms with van der Waals surface area (Å²) in [6, 6.07) is 0.509. The number of rotatable bonds is 2. The Bertz CT molecular complexity index is 306. The van der Waals surface area contributed by atoms with E-state index in [0.29, 0.717) is 11.3 Å². The zero-order valence-corrected chi connectivity index (χ0v) is 9.98. The van der Waals surface area contributed by atoms with Gasteiger partial charge in [-0.25, -0.2) is 0 Å². The second kappa shape index (κ2) is 4.11. The lowest BCUT2D eigenvalue weighted by molar-refractivity contribution is 0.507. The first-order chi connectivity index (χ1) is 6.72. The predicted molar refractivity (Wildman–Crippen MR) is 60.0 cm³/mol. The average Bonchev–Trinajstić information content (AvgIpc) is 2.73. The van der Waals surface area contributed by atoms with E-state index in [9.17, 15) is 0 Å². The van der Waals surface area contributed by atoms with E-state index in [1.165, 1.54) is 19.3 Å². The highest BCUT2D eigenvalue weighted by atomic mass is 35.5. The van der Waals surface area contributed by atoms with Gasteiger partial charge in [-0.1, -0.05) is 0 Å². The van der Waals surface area contributed by atoms with Gasteiger partial charge in [0.15, 0.2) is 0 Å². The van der Waals surface area contributed by atoms with Crippen molar-refractivity contribution in [3.63, 3.8) is 0 Å². The van der Waals surface area contributed by atoms with E-state index in [1.54, 1.807) is 0 Å². The molecule has 3 nitrogen and oxygen atoms in total. The summed E-state index contributed by atoms with van der Waals surface area (Å²) in [4.78, 5) is 0. The number of halogens is 1. The van der Waals surface area contributed by atoms with Crippen LogP contribution in [0.4, 0.5) is 0 Å². The van der Waals surface area contributed by atoms with Gasteiger partial charge in [0.05, 0.1) is 0 Å². The Morgan fingerprint density at radius 3 is 2.71 bits per heavy atom. The third kappa shape index (κ3) is 1.77. The van der Waals surface area contributed by atoms with Gasteiger partial charge in [-0.3, -0.25) is 4.57 Å². The van der Waals surface area contributed by atoms with E-state index < -0.39 is 0 Å². The van der Waals surface area contributed by atoms with E-state index in [1.807, 2.05) is 18.7 Å². The van der Waals surface area contributed by atoms with Gasteiger partial charge in [0.25, 0.3) is 0 Å². The standard InChI is InChI=1S/C9H14ClN3S/c1-6-11-12-9(10)13(6)7-3-4-8(5-7)14-2/h7-8H,3-5H2,1-2H3. The van der Waals surface area contributed by atoms with E-state index >= 15 is 0 Å². The Balaban J connectivity index is 2.17. The van der Waals surface area contributed by atoms with Crippen LogP contribution in [0.2, 0.25) is 5.28 Å². The Morgan fingerprint density at radius 1 is 1.43 bits per heavy atom. The first kappa shape index (κ1) is 10.3. The molecule has 2 atom stereocenters. The van der Waals surface area contributed by atoms with Crippen LogP contribution in [-0.2, 0) is 0 Å². The Hall–Kier alpha value is -0.220. The van der Waals surface area contributed by atoms with Crippen molar-refractivity contribution < 1.29 is 0 Å². The van der Waals surface area contributed by atoms with E-state index in [2.05, 4.69) is 21.0 Å². The Kier molecular flexibility index (Phi) is 3.02. The van der Waals surface area contributed by atoms with Gasteiger partial charge in [-0.05, 0) is 44.0 Å². The number of aryl methyl sites for hydroxylation is 1. The minimum absolute atomic E-state index is 0.509. The topological polar surface area (TPSA) is 30.7 Å². The van der Waals surface area contributed by atoms with Crippen LogP contribution >= 0.6 is 23.4 Å². The maximum Gasteiger partial charge on any atom is 0.225 e. The fourth-order valence-electron chi connectivity index (χ4n) is 2.12. The van der Waals surface area contributed by atoms with Crippen LogP contribution < -0.4 is 0 Å². The molecule has 0 aromatic carbocycles. The van der Waals surface area contributed by atoms with Gasteiger partial charge < -0.3 is 0 Å². The zero-order chi connectivity index (χ0) is 10.1. The van der Waals surface area contributed by atoms with Crippen molar-refractivity contribution in [2.24, 2.45) is 0 Å². The molecule has 0 saturated heterocycles. The summed E-state index contributed by atoms with van der Waals surface area (Å²) < 4.78 is 2.07. The predicted octanol–water partition coefficient (Wildman–Crippen LogP) is 2.70. The maximum atomic E-state index is 6.00. The van der Waals surface area contributed by atoms with E-state index in [4.69, 9.17) is 11.6 Å². The Morgan fingerprint density at radius 2 is 2.21 bits per heavy atom. The molecule has 0 spiro atoms. The molecule has 1 aliphatic carbocycles. The highest BCUT2D eigenvalue weighted by Crippen LogP contribution is 2.37. The SMILES string of the molecule is CSC1CCC(n2c(C)nnc2Cl)C1. The van der Waals surface area contributed by atoms with Crippen LogP contribution in [0, 0.1) is 6.92 Å². The second-order valence-electron chi connectivity index (χ2n) is 3.71. The molecule has 0 bridgehead atoms. The van der Waals surface area contributed by atoms with Gasteiger partial charge >= 0.3 is 0 Å². The molecule has 5 heteroatoms. The lowest BCUT2D eigenvalue weighted by Crippen LogP contribution is -2.08. The van der Waals surface area contributed by atoms with Crippen molar-refractivity contribution in [2.75, 3.05) is 6.26 Å². The summed E-state index contributed by atoms with van der Waals surface area (Å²) in [6.45, 7) is 1.96. The van der Waals surface area contributed by atoms with Gasteiger partial charge in [-0.15, -0.1) is 10.2 Å². The van der Waals surface area contributed by atoms with Crippen molar-refractivity contribution in [3.05, 3.63) is 11.1 Å². The van der Waals surface area contributed by atoms with Gasteiger partial charge in [0.1, 0.15) is 5.82 Å². The van der Waals surface area contributed by atoms with Crippen LogP contribution in [0.3, 0.4) is 0 Å². The fourth-order valence-corrected chi connectivity index (χ4v) is 3.21. The number of aromatic nitrogens is 3. The highest BCUT2D eigenvalue weighted by Gasteiger charge is 2.27. The molecule has 78 valence electrons. The minimum atomic E-state index is 0.509. The van der Waals surface area contributed by atoms with Crippen LogP contribution in [0.1, 0.15) is 31.1 Å². The fraction of sp³-hybridized carbons (Fsp3) is 0.778. The van der Waals surface area contributed by atoms with Gasteiger partial charge in [0, 0.05) is 11.3 Å². The normalized spacial score (nSPS) is 27.1. The molecule has 1 heterocycles. The third-order valence-corrected chi connectivity index (χ3v) is 4.23. The summed E-state index contributed by atoms with van der Waals surface area (Å²) in [5, 5.41) is 9.18. The van der Waals surface area contributed by atoms with Crippen molar-refractivity contribution in [1.82, 2.24) is 14.8 Å². The number of thioether (sulfide) groups is 1. The molecule has 0 aliphatic heterocycles. The third-order valence-electron chi connectivity index (χ3n) is 2.88. The number of nitrogens with zero attached hydrogens (tertiary/aromatic N) is 3. The molecule has 1 aromatic rings. The number of hydrogen-bond donors (Lipinski definition) is 0. The molecule has 1 saturated carbocycles. The molecule has 0 radical (unpaired) electrons. The Labute approximate surface area is 93.2 Å². The minimum Gasteiger partial charge on any atom is -0.299 e. The van der Waals surface area contributed by atoms with Crippen molar-refractivity contribution in [1.29, 1.82) is 0 Å². The summed E-state index contributed by atoms with van der Waals surface area (Å²) >= 11 is 7.95. The van der Waals surface area contributed by atoms with Crippen molar-refractivity contribution >= 4 is 23.4 Å². The largest absolute Gasteiger partial charge is 0.299 e. The number of hydrogen-bond acceptors (Lipinski definition) is 3. The lowest BCUT2D eigenvalue weighted by Gasteiger charge is -2.13. The van der Waals surface area contributed by atoms with E-state index in [-0.39, 0.29) is 0 Å². The summed E-state index contributed by atoms with van der Waals surface area (Å²) in [6.07, 6.45) is 5.84. The molecule has 14 heavy (non-hydrogen) atoms. The second-order valence-corrected chi connectivity index (χ2v) is 5.19. The summed E-state index contributed by atoms with van der Waals surface area (Å²) in [5.41, 5.74) is 0. The van der Waals surface area contributed by atoms with Gasteiger partial charge in [0.2, 0.25) is 5.28 Å². The first-order valence-corrected chi connectivity index (χ1v) is 6.48. The lowest BCUT2D eigenvalue weighted by atomic mass is 10.2. The quantitative estimate of drug-likeness (QED) is 0.784. The van der Waals surface area contributed by atoms with Crippen molar-refractivity contribution in [2.45, 2.75) is 37.5 Å². The van der Waals surface area contributed by atoms with E-state index in [0.717, 1.165) is 11.1 Å². The molecule has 1 aliphatic rings. The van der Waals surface area contributed by atoms with Crippen LogP contribution in [-0.4, -0.2) is 26.3 Å². The van der Waals surface area contributed by atoms with Crippen molar-refractivity contribution in [3.8, 4) is 0 Å². The smallest absolute Gasteiger partial charge is 0.225 e. The molecule has 2 rings (SSSR count). The first-order valence-electron chi connectivity index (χ1n) is 4.82. The molecule has 0 amide bonds. The molecule has 2 unspecified atom stereocenters. The average molecular weight is 232 g/mol. The summed E-state index contributed by atoms with van der Waals surface area (Å²) in [5.74, 6) is 0.932. The van der Waals surface area contributed by atoms with Gasteiger partial charge in [-0.2, -0.15) is 11.8 Å².